The first-order valence-electron chi connectivity index (χ1n) is 10.5. The number of likely N-dealkylation sites (N-methyl/N-ethyl adjacent to an activating group) is 1. The summed E-state index contributed by atoms with van der Waals surface area (Å²) >= 11 is 0. The number of nitrogens with zero attached hydrogens (tertiary/aromatic N) is 2. The SMILES string of the molecule is CCN(C(=O)[C@@H](C)OC(=O)CN1C(=O)N[C@]2(CCCC[C@@H]2C)C1=O)c1ccccc1. The Labute approximate surface area is 176 Å². The molecule has 162 valence electrons. The second-order valence-corrected chi connectivity index (χ2v) is 7.99. The Hall–Kier alpha value is -2.90. The number of urea groups is 1. The topological polar surface area (TPSA) is 96.0 Å². The van der Waals surface area contributed by atoms with Crippen molar-refractivity contribution in [3.8, 4) is 0 Å². The number of carbonyl (C=O) groups is 4. The standard InChI is InChI=1S/C22H29N3O5/c1-4-24(17-11-6-5-7-12-17)19(27)16(3)30-18(26)14-25-20(28)22(23-21(25)29)13-9-8-10-15(22)2/h5-7,11-12,15-16H,4,8-10,13-14H2,1-3H3,(H,23,29)/t15-,16+,22-/m0/s1. The average molecular weight is 415 g/mol. The summed E-state index contributed by atoms with van der Waals surface area (Å²) in [6, 6.07) is 8.51. The zero-order valence-electron chi connectivity index (χ0n) is 17.7. The van der Waals surface area contributed by atoms with Crippen LogP contribution in [0.4, 0.5) is 10.5 Å². The van der Waals surface area contributed by atoms with Crippen LogP contribution in [0.3, 0.4) is 0 Å². The quantitative estimate of drug-likeness (QED) is 0.569. The predicted octanol–water partition coefficient (Wildman–Crippen LogP) is 2.47. The summed E-state index contributed by atoms with van der Waals surface area (Å²) in [5, 5.41) is 2.80. The lowest BCUT2D eigenvalue weighted by Gasteiger charge is -2.36. The molecule has 0 unspecified atom stereocenters. The highest BCUT2D eigenvalue weighted by atomic mass is 16.5. The molecule has 1 spiro atoms. The maximum Gasteiger partial charge on any atom is 0.327 e. The second-order valence-electron chi connectivity index (χ2n) is 7.99. The highest BCUT2D eigenvalue weighted by Gasteiger charge is 2.55. The molecule has 1 N–H and O–H groups in total. The average Bonchev–Trinajstić information content (AvgIpc) is 2.96. The van der Waals surface area contributed by atoms with Crippen molar-refractivity contribution in [1.29, 1.82) is 0 Å². The lowest BCUT2D eigenvalue weighted by atomic mass is 9.73. The van der Waals surface area contributed by atoms with Crippen molar-refractivity contribution in [3.63, 3.8) is 0 Å². The summed E-state index contributed by atoms with van der Waals surface area (Å²) in [4.78, 5) is 53.0. The van der Waals surface area contributed by atoms with Crippen molar-refractivity contribution in [2.24, 2.45) is 5.92 Å². The molecular formula is C22H29N3O5. The molecule has 1 heterocycles. The van der Waals surface area contributed by atoms with E-state index < -0.39 is 30.2 Å². The van der Waals surface area contributed by atoms with E-state index in [1.165, 1.54) is 11.8 Å². The molecule has 1 aromatic carbocycles. The lowest BCUT2D eigenvalue weighted by molar-refractivity contribution is -0.156. The van der Waals surface area contributed by atoms with E-state index in [1.807, 2.05) is 32.0 Å². The van der Waals surface area contributed by atoms with Gasteiger partial charge in [-0.2, -0.15) is 0 Å². The summed E-state index contributed by atoms with van der Waals surface area (Å²) < 4.78 is 5.27. The first-order chi connectivity index (χ1) is 14.3. The van der Waals surface area contributed by atoms with E-state index in [1.54, 1.807) is 12.1 Å². The smallest absolute Gasteiger partial charge is 0.327 e. The maximum absolute atomic E-state index is 13.0. The van der Waals surface area contributed by atoms with Gasteiger partial charge in [0, 0.05) is 12.2 Å². The summed E-state index contributed by atoms with van der Waals surface area (Å²) in [5.41, 5.74) is -0.223. The van der Waals surface area contributed by atoms with Gasteiger partial charge >= 0.3 is 12.0 Å². The van der Waals surface area contributed by atoms with Crippen molar-refractivity contribution in [1.82, 2.24) is 10.2 Å². The number of carbonyl (C=O) groups excluding carboxylic acids is 4. The van der Waals surface area contributed by atoms with Crippen LogP contribution < -0.4 is 10.2 Å². The largest absolute Gasteiger partial charge is 0.451 e. The molecule has 1 saturated carbocycles. The van der Waals surface area contributed by atoms with Crippen molar-refractivity contribution in [3.05, 3.63) is 30.3 Å². The second kappa shape index (κ2) is 8.85. The number of amides is 4. The number of hydrogen-bond donors (Lipinski definition) is 1. The molecule has 1 aromatic rings. The third-order valence-electron chi connectivity index (χ3n) is 6.09. The number of benzene rings is 1. The molecule has 0 aromatic heterocycles. The molecule has 3 rings (SSSR count). The summed E-state index contributed by atoms with van der Waals surface area (Å²) in [6.07, 6.45) is 2.25. The van der Waals surface area contributed by atoms with Crippen molar-refractivity contribution < 1.29 is 23.9 Å². The highest BCUT2D eigenvalue weighted by Crippen LogP contribution is 2.38. The van der Waals surface area contributed by atoms with Gasteiger partial charge < -0.3 is 15.0 Å². The summed E-state index contributed by atoms with van der Waals surface area (Å²) in [6.45, 7) is 5.18. The van der Waals surface area contributed by atoms with Crippen LogP contribution in [0.1, 0.15) is 46.5 Å². The van der Waals surface area contributed by atoms with Gasteiger partial charge in [-0.15, -0.1) is 0 Å². The number of imide groups is 1. The fraction of sp³-hybridized carbons (Fsp3) is 0.545. The van der Waals surface area contributed by atoms with E-state index in [0.29, 0.717) is 18.7 Å². The fourth-order valence-electron chi connectivity index (χ4n) is 4.35. The molecule has 8 nitrogen and oxygen atoms in total. The van der Waals surface area contributed by atoms with Crippen LogP contribution >= 0.6 is 0 Å². The third-order valence-corrected chi connectivity index (χ3v) is 6.09. The van der Waals surface area contributed by atoms with Crippen molar-refractivity contribution >= 4 is 29.5 Å². The highest BCUT2D eigenvalue weighted by molar-refractivity contribution is 6.09. The van der Waals surface area contributed by atoms with E-state index in [9.17, 15) is 19.2 Å². The third kappa shape index (κ3) is 4.04. The van der Waals surface area contributed by atoms with E-state index in [2.05, 4.69) is 5.32 Å². The van der Waals surface area contributed by atoms with Gasteiger partial charge in [-0.1, -0.05) is 38.0 Å². The van der Waals surface area contributed by atoms with E-state index >= 15 is 0 Å². The Balaban J connectivity index is 1.63. The maximum atomic E-state index is 13.0. The van der Waals surface area contributed by atoms with Crippen LogP contribution in [-0.4, -0.2) is 53.4 Å². The van der Waals surface area contributed by atoms with Crippen LogP contribution in [-0.2, 0) is 19.1 Å². The molecule has 1 saturated heterocycles. The number of anilines is 1. The van der Waals surface area contributed by atoms with Gasteiger partial charge in [0.25, 0.3) is 11.8 Å². The monoisotopic (exact) mass is 415 g/mol. The van der Waals surface area contributed by atoms with Crippen LogP contribution in [0.5, 0.6) is 0 Å². The number of ether oxygens (including phenoxy) is 1. The predicted molar refractivity (Wildman–Crippen MR) is 111 cm³/mol. The van der Waals surface area contributed by atoms with Gasteiger partial charge in [-0.3, -0.25) is 19.3 Å². The minimum absolute atomic E-state index is 0.00760. The number of esters is 1. The van der Waals surface area contributed by atoms with Gasteiger partial charge in [-0.25, -0.2) is 4.79 Å². The minimum Gasteiger partial charge on any atom is -0.451 e. The number of rotatable bonds is 6. The Kier molecular flexibility index (Phi) is 6.43. The Morgan fingerprint density at radius 1 is 1.27 bits per heavy atom. The molecule has 1 aliphatic carbocycles. The van der Waals surface area contributed by atoms with E-state index in [0.717, 1.165) is 24.2 Å². The number of hydrogen-bond acceptors (Lipinski definition) is 5. The molecule has 3 atom stereocenters. The van der Waals surface area contributed by atoms with Crippen molar-refractivity contribution in [2.45, 2.75) is 58.1 Å². The molecular weight excluding hydrogens is 386 g/mol. The normalized spacial score (nSPS) is 24.5. The molecule has 8 heteroatoms. The van der Waals surface area contributed by atoms with Crippen LogP contribution in [0.2, 0.25) is 0 Å². The Morgan fingerprint density at radius 2 is 1.97 bits per heavy atom. The molecule has 0 radical (unpaired) electrons. The van der Waals surface area contributed by atoms with Gasteiger partial charge in [0.1, 0.15) is 12.1 Å². The van der Waals surface area contributed by atoms with Gasteiger partial charge in [-0.05, 0) is 44.7 Å². The molecule has 1 aliphatic heterocycles. The van der Waals surface area contributed by atoms with Crippen molar-refractivity contribution in [2.75, 3.05) is 18.0 Å². The molecule has 2 fully saturated rings. The molecule has 2 aliphatic rings. The first kappa shape index (κ1) is 21.8. The van der Waals surface area contributed by atoms with Gasteiger partial charge in [0.15, 0.2) is 6.10 Å². The number of nitrogens with one attached hydrogen (secondary N) is 1. The van der Waals surface area contributed by atoms with Gasteiger partial charge in [0.05, 0.1) is 0 Å². The van der Waals surface area contributed by atoms with Crippen LogP contribution in [0.15, 0.2) is 30.3 Å². The molecule has 0 bridgehead atoms. The van der Waals surface area contributed by atoms with E-state index in [-0.39, 0.29) is 17.7 Å². The zero-order valence-corrected chi connectivity index (χ0v) is 17.7. The van der Waals surface area contributed by atoms with Gasteiger partial charge in [0.2, 0.25) is 0 Å². The number of para-hydroxylation sites is 1. The molecule has 4 amide bonds. The summed E-state index contributed by atoms with van der Waals surface area (Å²) in [7, 11) is 0. The minimum atomic E-state index is -1.04. The lowest BCUT2D eigenvalue weighted by Crippen LogP contribution is -2.54. The van der Waals surface area contributed by atoms with Crippen LogP contribution in [0.25, 0.3) is 0 Å². The Bertz CT molecular complexity index is 827. The zero-order chi connectivity index (χ0) is 21.9. The summed E-state index contributed by atoms with van der Waals surface area (Å²) in [5.74, 6) is -1.53. The Morgan fingerprint density at radius 3 is 2.60 bits per heavy atom. The molecule has 30 heavy (non-hydrogen) atoms. The van der Waals surface area contributed by atoms with Crippen LogP contribution in [0, 0.1) is 5.92 Å². The van der Waals surface area contributed by atoms with E-state index in [4.69, 9.17) is 4.74 Å². The fourth-order valence-corrected chi connectivity index (χ4v) is 4.35. The first-order valence-corrected chi connectivity index (χ1v) is 10.5.